The van der Waals surface area contributed by atoms with E-state index in [1.54, 1.807) is 4.40 Å². The highest BCUT2D eigenvalue weighted by molar-refractivity contribution is 6.04. The third kappa shape index (κ3) is 2.78. The Labute approximate surface area is 142 Å². The summed E-state index contributed by atoms with van der Waals surface area (Å²) in [4.78, 5) is 34.8. The predicted octanol–water partition coefficient (Wildman–Crippen LogP) is 2.34. The fourth-order valence-corrected chi connectivity index (χ4v) is 2.58. The normalized spacial score (nSPS) is 10.7. The highest BCUT2D eigenvalue weighted by atomic mass is 16.2. The third-order valence-corrected chi connectivity index (χ3v) is 3.72. The maximum Gasteiger partial charge on any atom is 0.275 e. The molecule has 0 saturated carbocycles. The van der Waals surface area contributed by atoms with Gasteiger partial charge in [-0.15, -0.1) is 0 Å². The van der Waals surface area contributed by atoms with Crippen LogP contribution in [0.15, 0.2) is 71.9 Å². The molecule has 4 aromatic rings. The molecule has 122 valence electrons. The molecule has 0 atom stereocenters. The van der Waals surface area contributed by atoms with Gasteiger partial charge in [0, 0.05) is 17.8 Å². The van der Waals surface area contributed by atoms with Crippen LogP contribution in [0.3, 0.4) is 0 Å². The Hall–Kier alpha value is -3.74. The molecule has 7 nitrogen and oxygen atoms in total. The zero-order chi connectivity index (χ0) is 17.2. The molecule has 0 spiro atoms. The van der Waals surface area contributed by atoms with Crippen molar-refractivity contribution in [2.24, 2.45) is 0 Å². The van der Waals surface area contributed by atoms with E-state index in [4.69, 9.17) is 0 Å². The second kappa shape index (κ2) is 6.04. The fraction of sp³-hybridized carbons (Fsp3) is 0. The van der Waals surface area contributed by atoms with Gasteiger partial charge in [0.25, 0.3) is 11.5 Å². The maximum atomic E-state index is 12.5. The SMILES string of the molecule is O=C(Nc1c(-c2ccccc2)nc2ccccn12)c1cc(=O)[nH]cn1. The van der Waals surface area contributed by atoms with Crippen molar-refractivity contribution >= 4 is 17.4 Å². The van der Waals surface area contributed by atoms with E-state index in [0.29, 0.717) is 17.2 Å². The molecule has 0 radical (unpaired) electrons. The average Bonchev–Trinajstić information content (AvgIpc) is 3.01. The van der Waals surface area contributed by atoms with Crippen LogP contribution in [0.1, 0.15) is 10.5 Å². The Morgan fingerprint density at radius 3 is 2.68 bits per heavy atom. The average molecular weight is 331 g/mol. The van der Waals surface area contributed by atoms with Gasteiger partial charge in [0.2, 0.25) is 0 Å². The van der Waals surface area contributed by atoms with E-state index in [1.165, 1.54) is 6.33 Å². The lowest BCUT2D eigenvalue weighted by atomic mass is 10.1. The number of benzene rings is 1. The van der Waals surface area contributed by atoms with E-state index >= 15 is 0 Å². The van der Waals surface area contributed by atoms with Crippen molar-refractivity contribution in [3.05, 3.63) is 83.2 Å². The summed E-state index contributed by atoms with van der Waals surface area (Å²) in [7, 11) is 0. The first-order valence-corrected chi connectivity index (χ1v) is 7.61. The number of pyridine rings is 1. The number of H-pyrrole nitrogens is 1. The summed E-state index contributed by atoms with van der Waals surface area (Å²) in [5, 5.41) is 2.82. The summed E-state index contributed by atoms with van der Waals surface area (Å²) >= 11 is 0. The van der Waals surface area contributed by atoms with Gasteiger partial charge in [-0.1, -0.05) is 36.4 Å². The molecule has 2 N–H and O–H groups in total. The van der Waals surface area contributed by atoms with Crippen molar-refractivity contribution in [3.8, 4) is 11.3 Å². The van der Waals surface area contributed by atoms with Gasteiger partial charge >= 0.3 is 0 Å². The van der Waals surface area contributed by atoms with Crippen LogP contribution < -0.4 is 10.9 Å². The van der Waals surface area contributed by atoms with Crippen LogP contribution in [0, 0.1) is 0 Å². The van der Waals surface area contributed by atoms with Crippen molar-refractivity contribution in [2.75, 3.05) is 5.32 Å². The highest BCUT2D eigenvalue weighted by Gasteiger charge is 2.17. The Bertz CT molecular complexity index is 1110. The van der Waals surface area contributed by atoms with E-state index in [0.717, 1.165) is 11.6 Å². The van der Waals surface area contributed by atoms with Gasteiger partial charge in [-0.3, -0.25) is 14.0 Å². The largest absolute Gasteiger partial charge is 0.313 e. The summed E-state index contributed by atoms with van der Waals surface area (Å²) in [6, 6.07) is 16.3. The molecular weight excluding hydrogens is 318 g/mol. The second-order valence-electron chi connectivity index (χ2n) is 5.35. The highest BCUT2D eigenvalue weighted by Crippen LogP contribution is 2.28. The predicted molar refractivity (Wildman–Crippen MR) is 93.4 cm³/mol. The van der Waals surface area contributed by atoms with Crippen LogP contribution >= 0.6 is 0 Å². The Balaban J connectivity index is 1.83. The lowest BCUT2D eigenvalue weighted by Crippen LogP contribution is -2.18. The van der Waals surface area contributed by atoms with Crippen LogP contribution in [0.25, 0.3) is 16.9 Å². The molecule has 25 heavy (non-hydrogen) atoms. The summed E-state index contributed by atoms with van der Waals surface area (Å²) in [6.07, 6.45) is 3.01. The molecule has 1 amide bonds. The first-order valence-electron chi connectivity index (χ1n) is 7.61. The van der Waals surface area contributed by atoms with Crippen LogP contribution in [0.4, 0.5) is 5.82 Å². The van der Waals surface area contributed by atoms with Crippen molar-refractivity contribution < 1.29 is 4.79 Å². The van der Waals surface area contributed by atoms with Gasteiger partial charge in [0.15, 0.2) is 0 Å². The molecule has 3 heterocycles. The zero-order valence-electron chi connectivity index (χ0n) is 13.0. The maximum absolute atomic E-state index is 12.5. The van der Waals surface area contributed by atoms with Gasteiger partial charge < -0.3 is 10.3 Å². The number of aromatic nitrogens is 4. The van der Waals surface area contributed by atoms with Crippen molar-refractivity contribution in [1.29, 1.82) is 0 Å². The number of carbonyl (C=O) groups excluding carboxylic acids is 1. The van der Waals surface area contributed by atoms with Crippen LogP contribution in [-0.2, 0) is 0 Å². The topological polar surface area (TPSA) is 92.2 Å². The number of hydrogen-bond acceptors (Lipinski definition) is 4. The van der Waals surface area contributed by atoms with E-state index in [2.05, 4.69) is 20.3 Å². The number of nitrogens with zero attached hydrogens (tertiary/aromatic N) is 3. The standard InChI is InChI=1S/C18H13N5O2/c24-15-10-13(19-11-20-15)18(25)22-17-16(12-6-2-1-3-7-12)21-14-8-4-5-9-23(14)17/h1-11H,(H,22,25)(H,19,20,24). The number of imidazole rings is 1. The molecule has 1 aromatic carbocycles. The fourth-order valence-electron chi connectivity index (χ4n) is 2.58. The quantitative estimate of drug-likeness (QED) is 0.603. The molecule has 3 aromatic heterocycles. The molecule has 7 heteroatoms. The number of aromatic amines is 1. The molecular formula is C18H13N5O2. The molecule has 0 unspecified atom stereocenters. The van der Waals surface area contributed by atoms with E-state index in [9.17, 15) is 9.59 Å². The lowest BCUT2D eigenvalue weighted by molar-refractivity contribution is 0.102. The van der Waals surface area contributed by atoms with Crippen LogP contribution in [-0.4, -0.2) is 25.3 Å². The van der Waals surface area contributed by atoms with Gasteiger partial charge in [-0.25, -0.2) is 9.97 Å². The minimum atomic E-state index is -0.478. The van der Waals surface area contributed by atoms with Crippen molar-refractivity contribution in [2.45, 2.75) is 0 Å². The van der Waals surface area contributed by atoms with E-state index in [1.807, 2.05) is 54.7 Å². The number of fused-ring (bicyclic) bond motifs is 1. The molecule has 0 bridgehead atoms. The first-order chi connectivity index (χ1) is 12.2. The van der Waals surface area contributed by atoms with Gasteiger partial charge in [-0.05, 0) is 12.1 Å². The van der Waals surface area contributed by atoms with E-state index in [-0.39, 0.29) is 11.3 Å². The van der Waals surface area contributed by atoms with Crippen molar-refractivity contribution in [1.82, 2.24) is 19.4 Å². The van der Waals surface area contributed by atoms with Gasteiger partial charge in [0.05, 0.1) is 6.33 Å². The number of anilines is 1. The van der Waals surface area contributed by atoms with Gasteiger partial charge in [0.1, 0.15) is 22.9 Å². The molecule has 0 saturated heterocycles. The zero-order valence-corrected chi connectivity index (χ0v) is 13.0. The van der Waals surface area contributed by atoms with Crippen LogP contribution in [0.5, 0.6) is 0 Å². The number of hydrogen-bond donors (Lipinski definition) is 2. The van der Waals surface area contributed by atoms with Crippen molar-refractivity contribution in [3.63, 3.8) is 0 Å². The Morgan fingerprint density at radius 2 is 1.88 bits per heavy atom. The molecule has 0 aliphatic rings. The minimum Gasteiger partial charge on any atom is -0.313 e. The minimum absolute atomic E-state index is 0.0358. The summed E-state index contributed by atoms with van der Waals surface area (Å²) in [6.45, 7) is 0. The second-order valence-corrected chi connectivity index (χ2v) is 5.35. The summed E-state index contributed by atoms with van der Waals surface area (Å²) in [5.74, 6) is 0.0443. The molecule has 0 aliphatic heterocycles. The third-order valence-electron chi connectivity index (χ3n) is 3.72. The monoisotopic (exact) mass is 331 g/mol. The lowest BCUT2D eigenvalue weighted by Gasteiger charge is -2.07. The Kier molecular flexibility index (Phi) is 3.59. The molecule has 4 rings (SSSR count). The van der Waals surface area contributed by atoms with Gasteiger partial charge in [-0.2, -0.15) is 0 Å². The first kappa shape index (κ1) is 14.8. The smallest absolute Gasteiger partial charge is 0.275 e. The number of nitrogens with one attached hydrogen (secondary N) is 2. The summed E-state index contributed by atoms with van der Waals surface area (Å²) < 4.78 is 1.79. The Morgan fingerprint density at radius 1 is 1.08 bits per heavy atom. The number of carbonyl (C=O) groups is 1. The molecule has 0 fully saturated rings. The van der Waals surface area contributed by atoms with E-state index < -0.39 is 5.91 Å². The summed E-state index contributed by atoms with van der Waals surface area (Å²) in [5.41, 5.74) is 1.87. The molecule has 0 aliphatic carbocycles. The van der Waals surface area contributed by atoms with Crippen LogP contribution in [0.2, 0.25) is 0 Å². The number of rotatable bonds is 3. The number of amides is 1.